The molecular formula is C39H53N9O6. The number of nitrogens with one attached hydrogen (secondary N) is 6. The minimum atomic E-state index is -0.633. The van der Waals surface area contributed by atoms with Gasteiger partial charge < -0.3 is 45.5 Å². The van der Waals surface area contributed by atoms with E-state index in [-0.39, 0.29) is 25.2 Å². The third kappa shape index (κ3) is 11.2. The van der Waals surface area contributed by atoms with E-state index < -0.39 is 12.2 Å². The van der Waals surface area contributed by atoms with Gasteiger partial charge in [0.05, 0.1) is 56.0 Å². The van der Waals surface area contributed by atoms with Crippen molar-refractivity contribution in [2.24, 2.45) is 5.92 Å². The van der Waals surface area contributed by atoms with Crippen LogP contribution in [0.1, 0.15) is 59.1 Å². The lowest BCUT2D eigenvalue weighted by Gasteiger charge is -2.27. The Bertz CT molecular complexity index is 1980. The van der Waals surface area contributed by atoms with Crippen LogP contribution in [0.2, 0.25) is 0 Å². The zero-order valence-corrected chi connectivity index (χ0v) is 32.1. The number of imidazole rings is 2. The third-order valence-electron chi connectivity index (χ3n) is 9.08. The predicted molar refractivity (Wildman–Crippen MR) is 208 cm³/mol. The number of carbonyl (C=O) groups excluding carboxylic acids is 3. The Morgan fingerprint density at radius 3 is 1.85 bits per heavy atom. The first-order chi connectivity index (χ1) is 26.1. The van der Waals surface area contributed by atoms with E-state index in [1.807, 2.05) is 33.8 Å². The number of nitrogens with zero attached hydrogens (tertiary/aromatic N) is 3. The summed E-state index contributed by atoms with van der Waals surface area (Å²) in [6.45, 7) is 11.2. The van der Waals surface area contributed by atoms with Crippen molar-refractivity contribution in [3.05, 3.63) is 72.3 Å². The van der Waals surface area contributed by atoms with Crippen molar-refractivity contribution < 1.29 is 29.1 Å². The van der Waals surface area contributed by atoms with Crippen molar-refractivity contribution in [3.63, 3.8) is 0 Å². The molecule has 1 aliphatic rings. The van der Waals surface area contributed by atoms with Gasteiger partial charge >= 0.3 is 12.2 Å². The first-order valence-corrected chi connectivity index (χ1v) is 18.2. The van der Waals surface area contributed by atoms with Crippen molar-refractivity contribution in [1.82, 2.24) is 46.3 Å². The molecule has 1 saturated carbocycles. The second-order valence-electron chi connectivity index (χ2n) is 12.7. The minimum Gasteiger partial charge on any atom is -0.453 e. The Balaban J connectivity index is 0.000000578. The summed E-state index contributed by atoms with van der Waals surface area (Å²) < 4.78 is 8.74. The molecule has 15 nitrogen and oxygen atoms in total. The van der Waals surface area contributed by atoms with Crippen LogP contribution < -0.4 is 21.4 Å². The number of carbonyl (C=O) groups is 3. The smallest absolute Gasteiger partial charge is 0.407 e. The lowest BCUT2D eigenvalue weighted by molar-refractivity contribution is -0.133. The molecule has 3 amide bonds. The van der Waals surface area contributed by atoms with Gasteiger partial charge in [-0.05, 0) is 72.2 Å². The average molecular weight is 744 g/mol. The molecule has 0 spiro atoms. The van der Waals surface area contributed by atoms with Gasteiger partial charge in [-0.25, -0.2) is 19.6 Å². The number of aromatic amines is 2. The second kappa shape index (κ2) is 20.1. The maximum absolute atomic E-state index is 12.9. The molecule has 7 N–H and O–H groups in total. The highest BCUT2D eigenvalue weighted by Crippen LogP contribution is 2.30. The van der Waals surface area contributed by atoms with Crippen molar-refractivity contribution in [2.45, 2.75) is 72.6 Å². The van der Waals surface area contributed by atoms with E-state index in [4.69, 9.17) is 15.2 Å². The molecule has 2 aromatic heterocycles. The predicted octanol–water partition coefficient (Wildman–Crippen LogP) is 6.06. The molecular weight excluding hydrogens is 690 g/mol. The Morgan fingerprint density at radius 1 is 0.852 bits per heavy atom. The molecule has 15 heteroatoms. The van der Waals surface area contributed by atoms with Crippen molar-refractivity contribution in [1.29, 1.82) is 0 Å². The number of ether oxygens (including phenoxy) is 2. The van der Waals surface area contributed by atoms with Crippen molar-refractivity contribution in [3.8, 4) is 22.3 Å². The Labute approximate surface area is 315 Å². The fourth-order valence-electron chi connectivity index (χ4n) is 5.71. The maximum atomic E-state index is 12.9. The van der Waals surface area contributed by atoms with Crippen LogP contribution in [0.15, 0.2) is 60.7 Å². The number of benzene rings is 3. The molecule has 1 aliphatic carbocycles. The second-order valence-corrected chi connectivity index (χ2v) is 12.7. The number of alkyl carbamates (subject to hydrolysis) is 2. The van der Waals surface area contributed by atoms with E-state index >= 15 is 0 Å². The van der Waals surface area contributed by atoms with Gasteiger partial charge in [0.1, 0.15) is 18.2 Å². The summed E-state index contributed by atoms with van der Waals surface area (Å²) in [5.41, 5.74) is 9.92. The highest BCUT2D eigenvalue weighted by atomic mass is 16.5. The molecule has 5 aromatic rings. The number of aromatic nitrogens is 4. The van der Waals surface area contributed by atoms with Crippen LogP contribution in [0, 0.1) is 5.92 Å². The number of hydroxylamine groups is 1. The van der Waals surface area contributed by atoms with E-state index in [1.165, 1.54) is 20.6 Å². The summed E-state index contributed by atoms with van der Waals surface area (Å²) >= 11 is 0. The summed E-state index contributed by atoms with van der Waals surface area (Å²) in [6.07, 6.45) is 0.811. The molecule has 0 saturated heterocycles. The van der Waals surface area contributed by atoms with Crippen LogP contribution in [0.25, 0.3) is 44.3 Å². The molecule has 3 atom stereocenters. The zero-order valence-electron chi connectivity index (χ0n) is 32.1. The van der Waals surface area contributed by atoms with E-state index in [0.717, 1.165) is 69.0 Å². The Morgan fingerprint density at radius 2 is 1.35 bits per heavy atom. The number of amides is 3. The summed E-state index contributed by atoms with van der Waals surface area (Å²) in [7, 11) is 2.52. The molecule has 0 radical (unpaired) electrons. The summed E-state index contributed by atoms with van der Waals surface area (Å²) in [6, 6.07) is 21.7. The molecule has 54 heavy (non-hydrogen) atoms. The summed E-state index contributed by atoms with van der Waals surface area (Å²) in [5, 5.41) is 16.1. The maximum Gasteiger partial charge on any atom is 0.407 e. The molecule has 0 aliphatic heterocycles. The van der Waals surface area contributed by atoms with Gasteiger partial charge in [0, 0.05) is 12.1 Å². The van der Waals surface area contributed by atoms with Crippen molar-refractivity contribution in [2.75, 3.05) is 27.4 Å². The first kappa shape index (κ1) is 41.2. The number of methoxy groups -OCH3 is 2. The third-order valence-corrected chi connectivity index (χ3v) is 9.08. The lowest BCUT2D eigenvalue weighted by Crippen LogP contribution is -2.44. The van der Waals surface area contributed by atoms with Crippen LogP contribution in [-0.2, 0) is 27.4 Å². The molecule has 0 bridgehead atoms. The van der Waals surface area contributed by atoms with Crippen LogP contribution in [0.4, 0.5) is 9.59 Å². The highest BCUT2D eigenvalue weighted by molar-refractivity contribution is 5.85. The zero-order chi connectivity index (χ0) is 39.2. The van der Waals surface area contributed by atoms with Gasteiger partial charge in [-0.1, -0.05) is 64.1 Å². The van der Waals surface area contributed by atoms with E-state index in [9.17, 15) is 14.4 Å². The molecule has 3 unspecified atom stereocenters. The SMILES string of the molecule is CC.CCC(C)N(Cc1nc2ccc(-c3ccc(-c4ccc5nc(CNC6CC6C)[nH]c5c4)cc3)cc2[nH]1)C(=O)CNC(=O)OC.COC(=O)NCNO. The number of fused-ring (bicyclic) bond motifs is 2. The first-order valence-electron chi connectivity index (χ1n) is 18.2. The van der Waals surface area contributed by atoms with Crippen LogP contribution in [0.3, 0.4) is 0 Å². The van der Waals surface area contributed by atoms with E-state index in [1.54, 1.807) is 10.4 Å². The van der Waals surface area contributed by atoms with Gasteiger partial charge in [-0.3, -0.25) is 4.79 Å². The van der Waals surface area contributed by atoms with E-state index in [0.29, 0.717) is 18.4 Å². The molecule has 1 fully saturated rings. The lowest BCUT2D eigenvalue weighted by atomic mass is 10.00. The summed E-state index contributed by atoms with van der Waals surface area (Å²) in [5.74, 6) is 2.23. The Kier molecular flexibility index (Phi) is 15.3. The van der Waals surface area contributed by atoms with E-state index in [2.05, 4.69) is 96.9 Å². The van der Waals surface area contributed by atoms with Gasteiger partial charge in [-0.15, -0.1) is 0 Å². The van der Waals surface area contributed by atoms with Crippen LogP contribution in [-0.4, -0.2) is 87.7 Å². The molecule has 6 rings (SSSR count). The standard InChI is InChI=1S/C34H39N7O3.C3H8N2O3.C2H6/c1-5-21(3)41(33(42)18-36-34(43)44-4)19-32-38-27-13-11-25(16-30(27)40-32)23-8-6-22(7-9-23)24-10-12-26-29(15-24)39-31(37-26)17-35-28-14-20(28)2;1-8-3(6)4-2-5-7;1-2/h6-13,15-16,20-21,28,35H,5,14,17-19H2,1-4H3,(H,36,43)(H,37,39)(H,38,40);5,7H,2H2,1H3,(H,4,6);1-2H3. The minimum absolute atomic E-state index is 0.00727. The number of H-pyrrole nitrogens is 2. The van der Waals surface area contributed by atoms with Gasteiger partial charge in [0.2, 0.25) is 5.91 Å². The summed E-state index contributed by atoms with van der Waals surface area (Å²) in [4.78, 5) is 52.5. The number of hydrogen-bond donors (Lipinski definition) is 7. The fourth-order valence-corrected chi connectivity index (χ4v) is 5.71. The van der Waals surface area contributed by atoms with Gasteiger partial charge in [0.15, 0.2) is 0 Å². The van der Waals surface area contributed by atoms with Crippen molar-refractivity contribution >= 4 is 40.2 Å². The van der Waals surface area contributed by atoms with Gasteiger partial charge in [-0.2, -0.15) is 5.48 Å². The number of rotatable bonds is 13. The molecule has 290 valence electrons. The Hall–Kier alpha value is -5.51. The molecule has 2 heterocycles. The largest absolute Gasteiger partial charge is 0.453 e. The quantitative estimate of drug-likeness (QED) is 0.0550. The average Bonchev–Trinajstić information content (AvgIpc) is 3.55. The fraction of sp³-hybridized carbons (Fsp3) is 0.410. The highest BCUT2D eigenvalue weighted by Gasteiger charge is 2.31. The molecule has 3 aromatic carbocycles. The van der Waals surface area contributed by atoms with Gasteiger partial charge in [0.25, 0.3) is 0 Å². The number of hydrogen-bond acceptors (Lipinski definition) is 10. The topological polar surface area (TPSA) is 199 Å². The monoisotopic (exact) mass is 743 g/mol. The normalized spacial score (nSPS) is 14.9. The van der Waals surface area contributed by atoms with Crippen LogP contribution >= 0.6 is 0 Å². The van der Waals surface area contributed by atoms with Crippen LogP contribution in [0.5, 0.6) is 0 Å².